The number of halogens is 2. The highest BCUT2D eigenvalue weighted by Crippen LogP contribution is 2.27. The van der Waals surface area contributed by atoms with Crippen LogP contribution < -0.4 is 11.2 Å². The van der Waals surface area contributed by atoms with Gasteiger partial charge in [-0.05, 0) is 17.7 Å². The molecule has 0 saturated carbocycles. The average molecular weight is 262 g/mol. The smallest absolute Gasteiger partial charge is 0.223 e. The number of nitrogens with two attached hydrogens (primary N) is 1. The van der Waals surface area contributed by atoms with Crippen LogP contribution in [0.2, 0.25) is 10.0 Å². The maximum atomic E-state index is 10.8. The second-order valence-corrected chi connectivity index (χ2v) is 3.88. The zero-order valence-corrected chi connectivity index (χ0v) is 10.0. The highest BCUT2D eigenvalue weighted by atomic mass is 35.5. The van der Waals surface area contributed by atoms with Crippen LogP contribution in [0.3, 0.4) is 0 Å². The van der Waals surface area contributed by atoms with Crippen LogP contribution in [0, 0.1) is 6.42 Å². The van der Waals surface area contributed by atoms with Gasteiger partial charge in [0.15, 0.2) is 0 Å². The molecule has 1 rings (SSSR count). The Kier molecular flexibility index (Phi) is 5.02. The van der Waals surface area contributed by atoms with Crippen molar-refractivity contribution in [3.63, 3.8) is 0 Å². The average Bonchev–Trinajstić information content (AvgIpc) is 2.16. The molecule has 0 aliphatic carbocycles. The summed E-state index contributed by atoms with van der Waals surface area (Å²) in [6, 6.07) is 4.44. The van der Waals surface area contributed by atoms with Gasteiger partial charge in [0.2, 0.25) is 5.91 Å². The van der Waals surface area contributed by atoms with E-state index < -0.39 is 11.9 Å². The van der Waals surface area contributed by atoms with Crippen molar-refractivity contribution < 1.29 is 9.63 Å². The van der Waals surface area contributed by atoms with Crippen molar-refractivity contribution in [2.24, 2.45) is 5.73 Å². The lowest BCUT2D eigenvalue weighted by Gasteiger charge is -2.17. The molecule has 0 heterocycles. The van der Waals surface area contributed by atoms with Crippen LogP contribution in [-0.2, 0) is 9.63 Å². The summed E-state index contributed by atoms with van der Waals surface area (Å²) in [5.74, 6) is -0.569. The van der Waals surface area contributed by atoms with Gasteiger partial charge in [-0.25, -0.2) is 0 Å². The second-order valence-electron chi connectivity index (χ2n) is 3.03. The minimum absolute atomic E-state index is 0.430. The molecular formula is C10H11Cl2N2O2. The number of hydrogen-bond acceptors (Lipinski definition) is 3. The van der Waals surface area contributed by atoms with E-state index in [4.69, 9.17) is 33.8 Å². The molecule has 3 N–H and O–H groups in total. The van der Waals surface area contributed by atoms with Crippen molar-refractivity contribution in [1.82, 2.24) is 5.48 Å². The molecular weight excluding hydrogens is 251 g/mol. The van der Waals surface area contributed by atoms with Gasteiger partial charge in [-0.15, -0.1) is 0 Å². The van der Waals surface area contributed by atoms with Gasteiger partial charge in [-0.3, -0.25) is 4.79 Å². The van der Waals surface area contributed by atoms with Crippen LogP contribution >= 0.6 is 23.2 Å². The largest absolute Gasteiger partial charge is 0.369 e. The van der Waals surface area contributed by atoms with Crippen molar-refractivity contribution in [2.45, 2.75) is 6.04 Å². The quantitative estimate of drug-likeness (QED) is 0.796. The van der Waals surface area contributed by atoms with E-state index in [2.05, 4.69) is 5.48 Å². The fraction of sp³-hybridized carbons (Fsp3) is 0.200. The molecule has 4 nitrogen and oxygen atoms in total. The van der Waals surface area contributed by atoms with Gasteiger partial charge >= 0.3 is 0 Å². The number of amides is 1. The van der Waals surface area contributed by atoms with Gasteiger partial charge in [0, 0.05) is 10.0 Å². The number of hydrogen-bond donors (Lipinski definition) is 2. The van der Waals surface area contributed by atoms with Crippen LogP contribution in [0.4, 0.5) is 0 Å². The first kappa shape index (κ1) is 13.3. The summed E-state index contributed by atoms with van der Waals surface area (Å²) >= 11 is 11.8. The highest BCUT2D eigenvalue weighted by Gasteiger charge is 2.17. The summed E-state index contributed by atoms with van der Waals surface area (Å²) in [5.41, 5.74) is 8.35. The van der Waals surface area contributed by atoms with E-state index in [1.54, 1.807) is 18.2 Å². The Bertz CT molecular complexity index is 385. The van der Waals surface area contributed by atoms with Gasteiger partial charge < -0.3 is 10.6 Å². The molecule has 1 aromatic rings. The van der Waals surface area contributed by atoms with Gasteiger partial charge in [-0.2, -0.15) is 5.48 Å². The van der Waals surface area contributed by atoms with Crippen LogP contribution in [0.1, 0.15) is 11.6 Å². The summed E-state index contributed by atoms with van der Waals surface area (Å²) in [6.07, 6.45) is 1.26. The third-order valence-electron chi connectivity index (χ3n) is 1.87. The first-order valence-corrected chi connectivity index (χ1v) is 5.18. The Morgan fingerprint density at radius 3 is 2.75 bits per heavy atom. The van der Waals surface area contributed by atoms with Crippen LogP contribution in [-0.4, -0.2) is 13.0 Å². The molecule has 0 fully saturated rings. The van der Waals surface area contributed by atoms with E-state index in [1.807, 2.05) is 0 Å². The normalized spacial score (nSPS) is 12.4. The van der Waals surface area contributed by atoms with Crippen LogP contribution in [0.5, 0.6) is 0 Å². The lowest BCUT2D eigenvalue weighted by Crippen LogP contribution is -2.26. The molecule has 0 saturated heterocycles. The fourth-order valence-corrected chi connectivity index (χ4v) is 1.76. The topological polar surface area (TPSA) is 64.3 Å². The minimum atomic E-state index is -0.569. The Labute approximate surface area is 104 Å². The van der Waals surface area contributed by atoms with Crippen molar-refractivity contribution in [3.05, 3.63) is 40.2 Å². The monoisotopic (exact) mass is 261 g/mol. The lowest BCUT2D eigenvalue weighted by molar-refractivity contribution is -0.115. The molecule has 1 aromatic carbocycles. The van der Waals surface area contributed by atoms with E-state index in [9.17, 15) is 4.79 Å². The number of rotatable bonds is 5. The third-order valence-corrected chi connectivity index (χ3v) is 2.44. The lowest BCUT2D eigenvalue weighted by atomic mass is 10.0. The minimum Gasteiger partial charge on any atom is -0.369 e. The number of carbonyl (C=O) groups is 1. The Hall–Kier alpha value is -0.810. The Morgan fingerprint density at radius 1 is 1.56 bits per heavy atom. The molecule has 1 radical (unpaired) electrons. The molecule has 0 aliphatic heterocycles. The highest BCUT2D eigenvalue weighted by molar-refractivity contribution is 6.35. The second kappa shape index (κ2) is 6.06. The van der Waals surface area contributed by atoms with E-state index >= 15 is 0 Å². The predicted molar refractivity (Wildman–Crippen MR) is 62.8 cm³/mol. The van der Waals surface area contributed by atoms with E-state index in [0.717, 1.165) is 0 Å². The Balaban J connectivity index is 2.95. The summed E-state index contributed by atoms with van der Waals surface area (Å²) < 4.78 is 0. The maximum Gasteiger partial charge on any atom is 0.223 e. The van der Waals surface area contributed by atoms with E-state index in [0.29, 0.717) is 15.6 Å². The number of carbonyl (C=O) groups excluding carboxylic acids is 1. The number of benzene rings is 1. The molecule has 1 amide bonds. The standard InChI is InChI=1S/C10H11Cl2N2O2/c1-16-14-9(5-10(13)15)7-3-2-6(11)4-8(7)12/h2-5,9,14H,1H3,(H2,13,15). The molecule has 87 valence electrons. The van der Waals surface area contributed by atoms with Crippen LogP contribution in [0.15, 0.2) is 18.2 Å². The molecule has 0 aliphatic rings. The predicted octanol–water partition coefficient (Wildman–Crippen LogP) is 1.88. The summed E-state index contributed by atoms with van der Waals surface area (Å²) in [6.45, 7) is 0. The number of hydroxylamine groups is 1. The van der Waals surface area contributed by atoms with Gasteiger partial charge in [0.25, 0.3) is 0 Å². The molecule has 16 heavy (non-hydrogen) atoms. The first-order valence-electron chi connectivity index (χ1n) is 4.42. The van der Waals surface area contributed by atoms with E-state index in [-0.39, 0.29) is 0 Å². The Morgan fingerprint density at radius 2 is 2.25 bits per heavy atom. The van der Waals surface area contributed by atoms with E-state index in [1.165, 1.54) is 13.5 Å². The molecule has 0 bridgehead atoms. The number of nitrogens with one attached hydrogen (secondary N) is 1. The van der Waals surface area contributed by atoms with Crippen molar-refractivity contribution >= 4 is 29.1 Å². The summed E-state index contributed by atoms with van der Waals surface area (Å²) in [5, 5.41) is 0.948. The zero-order chi connectivity index (χ0) is 12.1. The van der Waals surface area contributed by atoms with Crippen LogP contribution in [0.25, 0.3) is 0 Å². The number of primary amides is 1. The van der Waals surface area contributed by atoms with Gasteiger partial charge in [-0.1, -0.05) is 29.3 Å². The van der Waals surface area contributed by atoms with Crippen molar-refractivity contribution in [3.8, 4) is 0 Å². The summed E-state index contributed by atoms with van der Waals surface area (Å²) in [7, 11) is 1.44. The van der Waals surface area contributed by atoms with Crippen molar-refractivity contribution in [2.75, 3.05) is 7.11 Å². The SMILES string of the molecule is CONC([CH]C(N)=O)c1ccc(Cl)cc1Cl. The molecule has 6 heteroatoms. The third kappa shape index (κ3) is 3.64. The molecule has 0 aromatic heterocycles. The van der Waals surface area contributed by atoms with Gasteiger partial charge in [0.1, 0.15) is 0 Å². The van der Waals surface area contributed by atoms with Crippen molar-refractivity contribution in [1.29, 1.82) is 0 Å². The zero-order valence-electron chi connectivity index (χ0n) is 8.54. The molecule has 1 unspecified atom stereocenters. The van der Waals surface area contributed by atoms with Gasteiger partial charge in [0.05, 0.1) is 19.6 Å². The summed E-state index contributed by atoms with van der Waals surface area (Å²) in [4.78, 5) is 15.6. The molecule has 0 spiro atoms. The molecule has 1 atom stereocenters. The first-order chi connectivity index (χ1) is 7.54. The maximum absolute atomic E-state index is 10.8. The fourth-order valence-electron chi connectivity index (χ4n) is 1.23.